The molecule has 0 saturated carbocycles. The van der Waals surface area contributed by atoms with Crippen LogP contribution in [0.1, 0.15) is 23.6 Å². The van der Waals surface area contributed by atoms with Crippen LogP contribution < -0.4 is 4.74 Å². The average molecular weight is 394 g/mol. The van der Waals surface area contributed by atoms with Gasteiger partial charge in [-0.15, -0.1) is 0 Å². The van der Waals surface area contributed by atoms with Gasteiger partial charge in [0.15, 0.2) is 0 Å². The fourth-order valence-corrected chi connectivity index (χ4v) is 3.09. The third kappa shape index (κ3) is 5.48. The van der Waals surface area contributed by atoms with Gasteiger partial charge in [-0.3, -0.25) is 9.69 Å². The number of esters is 1. The van der Waals surface area contributed by atoms with Crippen LogP contribution in [0, 0.1) is 11.3 Å². The molecule has 1 fully saturated rings. The molecule has 1 heterocycles. The van der Waals surface area contributed by atoms with E-state index in [1.165, 1.54) is 4.90 Å². The SMILES string of the molecule is CCOC(=O)CN1C(=O)OC[C@H]1Cc1ccc(OCc2cccc(C#N)c2)cc1. The minimum absolute atomic E-state index is 0.111. The van der Waals surface area contributed by atoms with Crippen molar-refractivity contribution in [3.05, 3.63) is 65.2 Å². The number of hydrogen-bond donors (Lipinski definition) is 0. The van der Waals surface area contributed by atoms with Crippen LogP contribution in [0.2, 0.25) is 0 Å². The number of hydrogen-bond acceptors (Lipinski definition) is 6. The first-order valence-corrected chi connectivity index (χ1v) is 9.39. The van der Waals surface area contributed by atoms with Crippen LogP contribution >= 0.6 is 0 Å². The maximum absolute atomic E-state index is 11.9. The largest absolute Gasteiger partial charge is 0.489 e. The number of nitriles is 1. The zero-order chi connectivity index (χ0) is 20.6. The Morgan fingerprint density at radius 1 is 1.24 bits per heavy atom. The smallest absolute Gasteiger partial charge is 0.410 e. The number of carbonyl (C=O) groups is 2. The van der Waals surface area contributed by atoms with E-state index in [-0.39, 0.29) is 25.8 Å². The van der Waals surface area contributed by atoms with Gasteiger partial charge >= 0.3 is 12.1 Å². The summed E-state index contributed by atoms with van der Waals surface area (Å²) in [5.41, 5.74) is 2.52. The van der Waals surface area contributed by atoms with Crippen molar-refractivity contribution < 1.29 is 23.8 Å². The first-order valence-electron chi connectivity index (χ1n) is 9.39. The monoisotopic (exact) mass is 394 g/mol. The Morgan fingerprint density at radius 2 is 2.03 bits per heavy atom. The number of ether oxygens (including phenoxy) is 3. The highest BCUT2D eigenvalue weighted by molar-refractivity contribution is 5.79. The van der Waals surface area contributed by atoms with Crippen molar-refractivity contribution in [1.82, 2.24) is 4.90 Å². The molecule has 2 aromatic carbocycles. The van der Waals surface area contributed by atoms with Gasteiger partial charge in [0, 0.05) is 0 Å². The first kappa shape index (κ1) is 20.2. The Labute approximate surface area is 169 Å². The van der Waals surface area contributed by atoms with Crippen molar-refractivity contribution in [1.29, 1.82) is 5.26 Å². The molecule has 1 aliphatic rings. The normalized spacial score (nSPS) is 15.5. The predicted molar refractivity (Wildman–Crippen MR) is 104 cm³/mol. The van der Waals surface area contributed by atoms with Crippen LogP contribution in [0.15, 0.2) is 48.5 Å². The van der Waals surface area contributed by atoms with E-state index in [0.29, 0.717) is 24.3 Å². The van der Waals surface area contributed by atoms with Crippen LogP contribution in [0.25, 0.3) is 0 Å². The highest BCUT2D eigenvalue weighted by atomic mass is 16.6. The standard InChI is InChI=1S/C22H22N2O5/c1-2-27-21(25)13-24-19(15-29-22(24)26)11-16-6-8-20(9-7-16)28-14-18-5-3-4-17(10-18)12-23/h3-10,19H,2,11,13-15H2,1H3/t19-/m1/s1. The maximum Gasteiger partial charge on any atom is 0.410 e. The van der Waals surface area contributed by atoms with E-state index in [1.807, 2.05) is 36.4 Å². The lowest BCUT2D eigenvalue weighted by molar-refractivity contribution is -0.144. The Balaban J connectivity index is 1.56. The topological polar surface area (TPSA) is 88.9 Å². The third-order valence-electron chi connectivity index (χ3n) is 4.54. The van der Waals surface area contributed by atoms with E-state index in [2.05, 4.69) is 6.07 Å². The minimum atomic E-state index is -0.498. The van der Waals surface area contributed by atoms with Crippen molar-refractivity contribution in [3.63, 3.8) is 0 Å². The van der Waals surface area contributed by atoms with E-state index < -0.39 is 12.1 Å². The van der Waals surface area contributed by atoms with Gasteiger partial charge < -0.3 is 14.2 Å². The molecular weight excluding hydrogens is 372 g/mol. The Morgan fingerprint density at radius 3 is 2.76 bits per heavy atom. The van der Waals surface area contributed by atoms with Crippen molar-refractivity contribution in [3.8, 4) is 11.8 Å². The Kier molecular flexibility index (Phi) is 6.69. The number of amides is 1. The van der Waals surface area contributed by atoms with Crippen LogP contribution in [0.3, 0.4) is 0 Å². The lowest BCUT2D eigenvalue weighted by Gasteiger charge is -2.20. The van der Waals surface area contributed by atoms with Gasteiger partial charge in [0.1, 0.15) is 25.5 Å². The van der Waals surface area contributed by atoms with Crippen molar-refractivity contribution in [2.75, 3.05) is 19.8 Å². The summed E-state index contributed by atoms with van der Waals surface area (Å²) in [7, 11) is 0. The lowest BCUT2D eigenvalue weighted by atomic mass is 10.1. The maximum atomic E-state index is 11.9. The summed E-state index contributed by atoms with van der Waals surface area (Å²) in [6.07, 6.45) is 0.0675. The molecule has 3 rings (SSSR count). The number of carbonyl (C=O) groups excluding carboxylic acids is 2. The summed E-state index contributed by atoms with van der Waals surface area (Å²) in [5.74, 6) is 0.263. The molecule has 1 atom stereocenters. The summed E-state index contributed by atoms with van der Waals surface area (Å²) >= 11 is 0. The fourth-order valence-electron chi connectivity index (χ4n) is 3.09. The van der Waals surface area contributed by atoms with Gasteiger partial charge in [-0.25, -0.2) is 4.79 Å². The molecule has 1 aliphatic heterocycles. The lowest BCUT2D eigenvalue weighted by Crippen LogP contribution is -2.39. The first-order chi connectivity index (χ1) is 14.1. The quantitative estimate of drug-likeness (QED) is 0.640. The molecule has 150 valence electrons. The van der Waals surface area contributed by atoms with E-state index in [0.717, 1.165) is 11.1 Å². The van der Waals surface area contributed by atoms with Crippen LogP contribution in [-0.4, -0.2) is 42.8 Å². The molecule has 1 amide bonds. The zero-order valence-corrected chi connectivity index (χ0v) is 16.2. The van der Waals surface area contributed by atoms with E-state index >= 15 is 0 Å². The van der Waals surface area contributed by atoms with E-state index in [4.69, 9.17) is 19.5 Å². The van der Waals surface area contributed by atoms with Gasteiger partial charge in [0.2, 0.25) is 0 Å². The molecule has 1 saturated heterocycles. The summed E-state index contributed by atoms with van der Waals surface area (Å²) in [6.45, 7) is 2.50. The van der Waals surface area contributed by atoms with E-state index in [1.54, 1.807) is 19.1 Å². The molecule has 0 spiro atoms. The molecule has 0 aromatic heterocycles. The van der Waals surface area contributed by atoms with E-state index in [9.17, 15) is 9.59 Å². The highest BCUT2D eigenvalue weighted by Gasteiger charge is 2.34. The number of benzene rings is 2. The minimum Gasteiger partial charge on any atom is -0.489 e. The van der Waals surface area contributed by atoms with Crippen LogP contribution in [0.4, 0.5) is 4.79 Å². The second-order valence-electron chi connectivity index (χ2n) is 6.61. The summed E-state index contributed by atoms with van der Waals surface area (Å²) in [4.78, 5) is 25.0. The van der Waals surface area contributed by atoms with Crippen molar-refractivity contribution in [2.24, 2.45) is 0 Å². The number of nitrogens with zero attached hydrogens (tertiary/aromatic N) is 2. The third-order valence-corrected chi connectivity index (χ3v) is 4.54. The average Bonchev–Trinajstić information content (AvgIpc) is 3.07. The van der Waals surface area contributed by atoms with Gasteiger partial charge in [-0.2, -0.15) is 5.26 Å². The van der Waals surface area contributed by atoms with Crippen LogP contribution in [0.5, 0.6) is 5.75 Å². The van der Waals surface area contributed by atoms with Gasteiger partial charge in [0.05, 0.1) is 24.3 Å². The highest BCUT2D eigenvalue weighted by Crippen LogP contribution is 2.20. The molecule has 7 heteroatoms. The van der Waals surface area contributed by atoms with Gasteiger partial charge in [0.25, 0.3) is 0 Å². The zero-order valence-electron chi connectivity index (χ0n) is 16.2. The summed E-state index contributed by atoms with van der Waals surface area (Å²) in [6, 6.07) is 16.7. The predicted octanol–water partition coefficient (Wildman–Crippen LogP) is 3.06. The molecule has 0 N–H and O–H groups in total. The molecule has 29 heavy (non-hydrogen) atoms. The number of rotatable bonds is 8. The summed E-state index contributed by atoms with van der Waals surface area (Å²) in [5, 5.41) is 8.96. The van der Waals surface area contributed by atoms with Crippen molar-refractivity contribution >= 4 is 12.1 Å². The van der Waals surface area contributed by atoms with Gasteiger partial charge in [-0.1, -0.05) is 24.3 Å². The molecule has 2 aromatic rings. The van der Waals surface area contributed by atoms with Crippen molar-refractivity contribution in [2.45, 2.75) is 26.0 Å². The molecule has 0 radical (unpaired) electrons. The number of cyclic esters (lactones) is 1. The Hall–Kier alpha value is -3.53. The molecular formula is C22H22N2O5. The summed E-state index contributed by atoms with van der Waals surface area (Å²) < 4.78 is 15.8. The molecule has 7 nitrogen and oxygen atoms in total. The Bertz CT molecular complexity index is 904. The molecule has 0 bridgehead atoms. The fraction of sp³-hybridized carbons (Fsp3) is 0.318. The van der Waals surface area contributed by atoms with Gasteiger partial charge in [-0.05, 0) is 48.7 Å². The van der Waals surface area contributed by atoms with Crippen LogP contribution in [-0.2, 0) is 27.3 Å². The second kappa shape index (κ2) is 9.60. The second-order valence-corrected chi connectivity index (χ2v) is 6.61. The molecule has 0 aliphatic carbocycles. The molecule has 0 unspecified atom stereocenters.